The van der Waals surface area contributed by atoms with Crippen molar-refractivity contribution in [2.75, 3.05) is 20.7 Å². The number of rotatable bonds is 5. The van der Waals surface area contributed by atoms with Gasteiger partial charge in [-0.25, -0.2) is 17.1 Å². The first-order chi connectivity index (χ1) is 8.78. The lowest BCUT2D eigenvalue weighted by Gasteiger charge is -2.19. The highest BCUT2D eigenvalue weighted by Crippen LogP contribution is 2.15. The number of nitrogens with zero attached hydrogens (tertiary/aromatic N) is 2. The molecule has 1 rings (SSSR count). The summed E-state index contributed by atoms with van der Waals surface area (Å²) in [6, 6.07) is 0.877. The van der Waals surface area contributed by atoms with Crippen molar-refractivity contribution < 1.29 is 22.3 Å². The summed E-state index contributed by atoms with van der Waals surface area (Å²) in [7, 11) is -1.34. The van der Waals surface area contributed by atoms with Crippen molar-refractivity contribution in [1.29, 1.82) is 0 Å². The van der Waals surface area contributed by atoms with Crippen LogP contribution in [0.1, 0.15) is 6.92 Å². The van der Waals surface area contributed by atoms with Crippen LogP contribution in [0.5, 0.6) is 0 Å². The van der Waals surface area contributed by atoms with Gasteiger partial charge < -0.3 is 4.74 Å². The van der Waals surface area contributed by atoms with Gasteiger partial charge >= 0.3 is 5.97 Å². The Kier molecular flexibility index (Phi) is 4.96. The first kappa shape index (κ1) is 15.5. The van der Waals surface area contributed by atoms with E-state index in [1.807, 2.05) is 0 Å². The van der Waals surface area contributed by atoms with Crippen LogP contribution < -0.4 is 0 Å². The first-order valence-corrected chi connectivity index (χ1v) is 6.87. The Balaban J connectivity index is 2.92. The van der Waals surface area contributed by atoms with Crippen LogP contribution in [-0.4, -0.2) is 44.4 Å². The topological polar surface area (TPSA) is 76.6 Å². The number of carbonyl (C=O) groups is 1. The maximum Gasteiger partial charge on any atom is 0.309 e. The van der Waals surface area contributed by atoms with Gasteiger partial charge in [-0.05, 0) is 6.07 Å². The largest absolute Gasteiger partial charge is 0.469 e. The molecular formula is C11H15FN2O4S. The quantitative estimate of drug-likeness (QED) is 0.744. The highest BCUT2D eigenvalue weighted by atomic mass is 32.2. The summed E-state index contributed by atoms with van der Waals surface area (Å²) in [5.41, 5.74) is 0. The molecule has 0 aliphatic carbocycles. The van der Waals surface area contributed by atoms with E-state index in [0.29, 0.717) is 0 Å². The van der Waals surface area contributed by atoms with Crippen molar-refractivity contribution in [3.05, 3.63) is 24.3 Å². The minimum atomic E-state index is -3.88. The molecule has 1 aromatic heterocycles. The molecule has 6 nitrogen and oxygen atoms in total. The molecule has 0 spiro atoms. The Morgan fingerprint density at radius 3 is 2.68 bits per heavy atom. The van der Waals surface area contributed by atoms with Crippen molar-refractivity contribution in [2.24, 2.45) is 5.92 Å². The van der Waals surface area contributed by atoms with E-state index < -0.39 is 27.7 Å². The fraction of sp³-hybridized carbons (Fsp3) is 0.455. The van der Waals surface area contributed by atoms with E-state index in [9.17, 15) is 17.6 Å². The third kappa shape index (κ3) is 3.71. The number of carbonyl (C=O) groups excluding carboxylic acids is 1. The number of sulfonamides is 1. The minimum absolute atomic E-state index is 0.0640. The fourth-order valence-electron chi connectivity index (χ4n) is 1.47. The molecule has 1 atom stereocenters. The van der Waals surface area contributed by atoms with Gasteiger partial charge in [0.05, 0.1) is 19.2 Å². The summed E-state index contributed by atoms with van der Waals surface area (Å²) in [5, 5.41) is 0. The Morgan fingerprint density at radius 2 is 2.16 bits per heavy atom. The van der Waals surface area contributed by atoms with Crippen LogP contribution in [0.3, 0.4) is 0 Å². The lowest BCUT2D eigenvalue weighted by Crippen LogP contribution is -2.34. The standard InChI is InChI=1S/C11H15FN2O4S/c1-8(11(15)18-3)7-14(2)19(16,17)10-4-9(12)5-13-6-10/h4-6,8H,7H2,1-3H3. The Labute approximate surface area is 111 Å². The fourth-order valence-corrected chi connectivity index (χ4v) is 2.71. The molecule has 0 N–H and O–H groups in total. The van der Waals surface area contributed by atoms with Gasteiger partial charge in [-0.3, -0.25) is 9.78 Å². The first-order valence-electron chi connectivity index (χ1n) is 5.43. The second-order valence-electron chi connectivity index (χ2n) is 4.05. The number of esters is 1. The van der Waals surface area contributed by atoms with Crippen LogP contribution in [0.4, 0.5) is 4.39 Å². The van der Waals surface area contributed by atoms with Crippen LogP contribution in [0.25, 0.3) is 0 Å². The van der Waals surface area contributed by atoms with Crippen LogP contribution in [0.2, 0.25) is 0 Å². The molecule has 19 heavy (non-hydrogen) atoms. The second kappa shape index (κ2) is 6.07. The number of ether oxygens (including phenoxy) is 1. The second-order valence-corrected chi connectivity index (χ2v) is 6.09. The predicted molar refractivity (Wildman–Crippen MR) is 65.2 cm³/mol. The summed E-state index contributed by atoms with van der Waals surface area (Å²) in [4.78, 5) is 14.5. The van der Waals surface area contributed by atoms with E-state index in [4.69, 9.17) is 0 Å². The summed E-state index contributed by atoms with van der Waals surface area (Å²) in [6.45, 7) is 1.48. The zero-order valence-corrected chi connectivity index (χ0v) is 11.6. The van der Waals surface area contributed by atoms with E-state index in [0.717, 1.165) is 22.8 Å². The molecule has 8 heteroatoms. The average Bonchev–Trinajstić information content (AvgIpc) is 2.37. The zero-order valence-electron chi connectivity index (χ0n) is 10.8. The molecule has 1 heterocycles. The number of methoxy groups -OCH3 is 1. The van der Waals surface area contributed by atoms with E-state index in [2.05, 4.69) is 9.72 Å². The van der Waals surface area contributed by atoms with Crippen LogP contribution >= 0.6 is 0 Å². The van der Waals surface area contributed by atoms with Crippen LogP contribution in [-0.2, 0) is 19.6 Å². The van der Waals surface area contributed by atoms with Gasteiger partial charge in [0, 0.05) is 19.8 Å². The van der Waals surface area contributed by atoms with Crippen molar-refractivity contribution >= 4 is 16.0 Å². The van der Waals surface area contributed by atoms with Crippen molar-refractivity contribution in [2.45, 2.75) is 11.8 Å². The minimum Gasteiger partial charge on any atom is -0.469 e. The Bertz CT molecular complexity index is 562. The van der Waals surface area contributed by atoms with E-state index in [1.54, 1.807) is 6.92 Å². The smallest absolute Gasteiger partial charge is 0.309 e. The van der Waals surface area contributed by atoms with Gasteiger partial charge in [0.25, 0.3) is 0 Å². The maximum atomic E-state index is 13.0. The molecule has 0 aliphatic rings. The number of halogens is 1. The molecule has 1 aromatic rings. The number of aromatic nitrogens is 1. The lowest BCUT2D eigenvalue weighted by atomic mass is 10.2. The predicted octanol–water partition coefficient (Wildman–Crippen LogP) is 0.650. The summed E-state index contributed by atoms with van der Waals surface area (Å²) in [5.74, 6) is -1.87. The normalized spacial score (nSPS) is 13.3. The molecule has 0 bridgehead atoms. The molecule has 0 radical (unpaired) electrons. The highest BCUT2D eigenvalue weighted by molar-refractivity contribution is 7.89. The van der Waals surface area contributed by atoms with Gasteiger partial charge in [0.1, 0.15) is 10.7 Å². The van der Waals surface area contributed by atoms with Crippen LogP contribution in [0.15, 0.2) is 23.4 Å². The van der Waals surface area contributed by atoms with Gasteiger partial charge in [-0.2, -0.15) is 0 Å². The summed E-state index contributed by atoms with van der Waals surface area (Å²) < 4.78 is 42.7. The molecular weight excluding hydrogens is 275 g/mol. The molecule has 0 aliphatic heterocycles. The Hall–Kier alpha value is -1.54. The third-order valence-electron chi connectivity index (χ3n) is 2.52. The highest BCUT2D eigenvalue weighted by Gasteiger charge is 2.25. The third-order valence-corrected chi connectivity index (χ3v) is 4.31. The van der Waals surface area contributed by atoms with Crippen molar-refractivity contribution in [3.8, 4) is 0 Å². The van der Waals surface area contributed by atoms with Gasteiger partial charge in [-0.1, -0.05) is 6.92 Å². The Morgan fingerprint density at radius 1 is 1.53 bits per heavy atom. The monoisotopic (exact) mass is 290 g/mol. The molecule has 106 valence electrons. The van der Waals surface area contributed by atoms with E-state index >= 15 is 0 Å². The van der Waals surface area contributed by atoms with Gasteiger partial charge in [-0.15, -0.1) is 0 Å². The van der Waals surface area contributed by atoms with Crippen molar-refractivity contribution in [3.63, 3.8) is 0 Å². The van der Waals surface area contributed by atoms with Gasteiger partial charge in [0.2, 0.25) is 10.0 Å². The number of hydrogen-bond acceptors (Lipinski definition) is 5. The average molecular weight is 290 g/mol. The molecule has 0 saturated heterocycles. The lowest BCUT2D eigenvalue weighted by molar-refractivity contribution is -0.144. The van der Waals surface area contributed by atoms with E-state index in [-0.39, 0.29) is 11.4 Å². The zero-order chi connectivity index (χ0) is 14.6. The molecule has 0 amide bonds. The van der Waals surface area contributed by atoms with Gasteiger partial charge in [0.15, 0.2) is 0 Å². The van der Waals surface area contributed by atoms with Crippen LogP contribution in [0, 0.1) is 11.7 Å². The summed E-state index contributed by atoms with van der Waals surface area (Å²) >= 11 is 0. The maximum absolute atomic E-state index is 13.0. The molecule has 1 unspecified atom stereocenters. The van der Waals surface area contributed by atoms with Crippen molar-refractivity contribution in [1.82, 2.24) is 9.29 Å². The number of pyridine rings is 1. The molecule has 0 saturated carbocycles. The summed E-state index contributed by atoms with van der Waals surface area (Å²) in [6.07, 6.45) is 1.97. The SMILES string of the molecule is COC(=O)C(C)CN(C)S(=O)(=O)c1cncc(F)c1. The van der Waals surface area contributed by atoms with E-state index in [1.165, 1.54) is 14.2 Å². The molecule has 0 aromatic carbocycles. The number of hydrogen-bond donors (Lipinski definition) is 0. The molecule has 0 fully saturated rings.